The van der Waals surface area contributed by atoms with Gasteiger partial charge in [0.2, 0.25) is 0 Å². The number of carbonyl (C=O) groups is 1. The first-order chi connectivity index (χ1) is 18.7. The maximum absolute atomic E-state index is 13.9. The lowest BCUT2D eigenvalue weighted by Crippen LogP contribution is -2.43. The molecule has 1 aliphatic rings. The Bertz CT molecular complexity index is 1310. The number of aliphatic hydroxyl groups is 1. The Hall–Kier alpha value is -3.37. The Morgan fingerprint density at radius 2 is 1.95 bits per heavy atom. The van der Waals surface area contributed by atoms with Gasteiger partial charge in [-0.15, -0.1) is 0 Å². The fourth-order valence-corrected chi connectivity index (χ4v) is 5.59. The highest BCUT2D eigenvalue weighted by Crippen LogP contribution is 2.40. The van der Waals surface area contributed by atoms with Gasteiger partial charge in [-0.05, 0) is 79.9 Å². The minimum Gasteiger partial charge on any atom is -0.497 e. The predicted octanol–water partition coefficient (Wildman–Crippen LogP) is 5.14. The number of aliphatic carboxylic acids is 1. The SMILES string of the molecule is COc1ccc2ncc(CO)c(CCCC3(CC(=O)O)CCN(CCNc4cc(F)cc(F)c4F)CC3)c2c1. The molecule has 3 aromatic rings. The van der Waals surface area contributed by atoms with E-state index in [9.17, 15) is 28.2 Å². The van der Waals surface area contributed by atoms with Crippen LogP contribution in [0.4, 0.5) is 18.9 Å². The normalized spacial score (nSPS) is 15.4. The monoisotopic (exact) mass is 545 g/mol. The van der Waals surface area contributed by atoms with Gasteiger partial charge in [0.1, 0.15) is 11.6 Å². The summed E-state index contributed by atoms with van der Waals surface area (Å²) in [4.78, 5) is 18.4. The number of aliphatic hydroxyl groups excluding tert-OH is 1. The van der Waals surface area contributed by atoms with Gasteiger partial charge in [-0.3, -0.25) is 9.78 Å². The number of methoxy groups -OCH3 is 1. The first-order valence-corrected chi connectivity index (χ1v) is 13.1. The van der Waals surface area contributed by atoms with Crippen molar-refractivity contribution in [3.05, 3.63) is 65.1 Å². The number of fused-ring (bicyclic) bond motifs is 1. The summed E-state index contributed by atoms with van der Waals surface area (Å²) in [5.41, 5.74) is 1.99. The molecular formula is C29H34F3N3O4. The predicted molar refractivity (Wildman–Crippen MR) is 142 cm³/mol. The van der Waals surface area contributed by atoms with Crippen LogP contribution in [0.15, 0.2) is 36.5 Å². The van der Waals surface area contributed by atoms with Gasteiger partial charge in [0.25, 0.3) is 0 Å². The number of anilines is 1. The van der Waals surface area contributed by atoms with Gasteiger partial charge in [0, 0.05) is 36.8 Å². The lowest BCUT2D eigenvalue weighted by molar-refractivity contribution is -0.140. The minimum absolute atomic E-state index is 0.0741. The van der Waals surface area contributed by atoms with Gasteiger partial charge in [0.05, 0.1) is 31.3 Å². The molecule has 0 unspecified atom stereocenters. The third kappa shape index (κ3) is 6.99. The molecule has 1 fully saturated rings. The second-order valence-electron chi connectivity index (χ2n) is 10.2. The number of benzene rings is 2. The van der Waals surface area contributed by atoms with E-state index in [1.54, 1.807) is 13.3 Å². The van der Waals surface area contributed by atoms with E-state index in [-0.39, 0.29) is 24.1 Å². The standard InChI is InChI=1S/C29H34F3N3O4/c1-39-21-4-5-25-23(15-21)22(19(18-36)17-34-25)3-2-6-29(16-27(37)38)7-10-35(11-8-29)12-9-33-26-14-20(30)13-24(31)28(26)32/h4-5,13-15,17,33,36H,2-3,6-12,16,18H2,1H3,(H,37,38). The van der Waals surface area contributed by atoms with Crippen LogP contribution in [0.5, 0.6) is 5.75 Å². The van der Waals surface area contributed by atoms with Crippen molar-refractivity contribution in [2.45, 2.75) is 45.1 Å². The summed E-state index contributed by atoms with van der Waals surface area (Å²) in [5.74, 6) is -3.32. The zero-order valence-electron chi connectivity index (χ0n) is 22.0. The Morgan fingerprint density at radius 3 is 2.64 bits per heavy atom. The van der Waals surface area contributed by atoms with Crippen LogP contribution < -0.4 is 10.1 Å². The van der Waals surface area contributed by atoms with Crippen LogP contribution in [0.25, 0.3) is 10.9 Å². The van der Waals surface area contributed by atoms with E-state index in [2.05, 4.69) is 15.2 Å². The van der Waals surface area contributed by atoms with Gasteiger partial charge in [-0.1, -0.05) is 0 Å². The molecule has 1 aromatic heterocycles. The van der Waals surface area contributed by atoms with Gasteiger partial charge >= 0.3 is 5.97 Å². The number of rotatable bonds is 12. The maximum atomic E-state index is 13.9. The first kappa shape index (κ1) is 28.6. The number of hydrogen-bond donors (Lipinski definition) is 3. The van der Waals surface area contributed by atoms with Crippen molar-refractivity contribution >= 4 is 22.6 Å². The number of piperidine rings is 1. The Balaban J connectivity index is 1.37. The highest BCUT2D eigenvalue weighted by molar-refractivity contribution is 5.84. The van der Waals surface area contributed by atoms with Crippen molar-refractivity contribution in [3.63, 3.8) is 0 Å². The Morgan fingerprint density at radius 1 is 1.18 bits per heavy atom. The zero-order chi connectivity index (χ0) is 28.0. The summed E-state index contributed by atoms with van der Waals surface area (Å²) in [6, 6.07) is 7.08. The van der Waals surface area contributed by atoms with Crippen molar-refractivity contribution in [3.8, 4) is 5.75 Å². The van der Waals surface area contributed by atoms with Crippen LogP contribution in [0, 0.1) is 22.9 Å². The molecule has 210 valence electrons. The molecule has 0 amide bonds. The molecule has 0 aliphatic carbocycles. The van der Waals surface area contributed by atoms with Gasteiger partial charge < -0.3 is 25.2 Å². The molecule has 1 aliphatic heterocycles. The van der Waals surface area contributed by atoms with E-state index in [0.29, 0.717) is 57.3 Å². The van der Waals surface area contributed by atoms with Gasteiger partial charge in [0.15, 0.2) is 11.6 Å². The van der Waals surface area contributed by atoms with E-state index in [1.807, 2.05) is 18.2 Å². The van der Waals surface area contributed by atoms with E-state index < -0.39 is 23.4 Å². The molecular weight excluding hydrogens is 511 g/mol. The molecule has 4 rings (SSSR count). The van der Waals surface area contributed by atoms with Crippen molar-refractivity contribution in [2.75, 3.05) is 38.6 Å². The highest BCUT2D eigenvalue weighted by atomic mass is 19.2. The van der Waals surface area contributed by atoms with Crippen LogP contribution in [0.1, 0.15) is 43.2 Å². The molecule has 10 heteroatoms. The minimum atomic E-state index is -1.24. The maximum Gasteiger partial charge on any atom is 0.303 e. The molecule has 0 saturated carbocycles. The average Bonchev–Trinajstić information content (AvgIpc) is 2.91. The number of nitrogens with one attached hydrogen (secondary N) is 1. The number of aromatic nitrogens is 1. The Labute approximate surface area is 225 Å². The topological polar surface area (TPSA) is 94.9 Å². The van der Waals surface area contributed by atoms with Crippen molar-refractivity contribution in [1.82, 2.24) is 9.88 Å². The average molecular weight is 546 g/mol. The van der Waals surface area contributed by atoms with Gasteiger partial charge in [-0.25, -0.2) is 13.2 Å². The van der Waals surface area contributed by atoms with E-state index >= 15 is 0 Å². The van der Waals surface area contributed by atoms with Crippen molar-refractivity contribution in [2.24, 2.45) is 5.41 Å². The molecule has 0 spiro atoms. The number of carboxylic acid groups (broad SMARTS) is 1. The summed E-state index contributed by atoms with van der Waals surface area (Å²) >= 11 is 0. The van der Waals surface area contributed by atoms with E-state index in [1.165, 1.54) is 0 Å². The lowest BCUT2D eigenvalue weighted by Gasteiger charge is -2.41. The van der Waals surface area contributed by atoms with Crippen molar-refractivity contribution < 1.29 is 32.9 Å². The fraction of sp³-hybridized carbons (Fsp3) is 0.448. The molecule has 2 heterocycles. The molecule has 7 nitrogen and oxygen atoms in total. The molecule has 3 N–H and O–H groups in total. The second-order valence-corrected chi connectivity index (χ2v) is 10.2. The van der Waals surface area contributed by atoms with Crippen LogP contribution >= 0.6 is 0 Å². The molecule has 0 bridgehead atoms. The molecule has 0 radical (unpaired) electrons. The molecule has 2 aromatic carbocycles. The lowest BCUT2D eigenvalue weighted by atomic mass is 9.72. The first-order valence-electron chi connectivity index (χ1n) is 13.1. The number of ether oxygens (including phenoxy) is 1. The van der Waals surface area contributed by atoms with Crippen LogP contribution in [0.3, 0.4) is 0 Å². The summed E-state index contributed by atoms with van der Waals surface area (Å²) in [6.45, 7) is 2.04. The number of carboxylic acids is 1. The number of hydrogen-bond acceptors (Lipinski definition) is 6. The molecule has 1 saturated heterocycles. The number of halogens is 3. The van der Waals surface area contributed by atoms with Crippen LogP contribution in [0.2, 0.25) is 0 Å². The number of likely N-dealkylation sites (tertiary alicyclic amines) is 1. The molecule has 39 heavy (non-hydrogen) atoms. The summed E-state index contributed by atoms with van der Waals surface area (Å²) < 4.78 is 46.1. The number of pyridine rings is 1. The van der Waals surface area contributed by atoms with Crippen molar-refractivity contribution in [1.29, 1.82) is 0 Å². The van der Waals surface area contributed by atoms with Gasteiger partial charge in [-0.2, -0.15) is 0 Å². The van der Waals surface area contributed by atoms with E-state index in [0.717, 1.165) is 40.9 Å². The summed E-state index contributed by atoms with van der Waals surface area (Å²) in [7, 11) is 1.60. The number of aryl methyl sites for hydroxylation is 1. The number of nitrogens with zero attached hydrogens (tertiary/aromatic N) is 2. The largest absolute Gasteiger partial charge is 0.497 e. The smallest absolute Gasteiger partial charge is 0.303 e. The van der Waals surface area contributed by atoms with E-state index in [4.69, 9.17) is 4.74 Å². The summed E-state index contributed by atoms with van der Waals surface area (Å²) in [5, 5.41) is 23.3. The molecule has 0 atom stereocenters. The quantitative estimate of drug-likeness (QED) is 0.271. The zero-order valence-corrected chi connectivity index (χ0v) is 22.0. The highest BCUT2D eigenvalue weighted by Gasteiger charge is 2.36. The second kappa shape index (κ2) is 12.7. The Kier molecular flexibility index (Phi) is 9.29. The van der Waals surface area contributed by atoms with Crippen LogP contribution in [-0.4, -0.2) is 59.4 Å². The third-order valence-corrected chi connectivity index (χ3v) is 7.76. The van der Waals surface area contributed by atoms with Crippen LogP contribution in [-0.2, 0) is 17.8 Å². The fourth-order valence-electron chi connectivity index (χ4n) is 5.59. The summed E-state index contributed by atoms with van der Waals surface area (Å²) in [6.07, 6.45) is 5.30. The third-order valence-electron chi connectivity index (χ3n) is 7.76.